The molecule has 0 spiro atoms. The fourth-order valence-electron chi connectivity index (χ4n) is 1.64. The van der Waals surface area contributed by atoms with Gasteiger partial charge in [-0.15, -0.1) is 0 Å². The van der Waals surface area contributed by atoms with Crippen LogP contribution in [0.15, 0.2) is 18.3 Å². The highest BCUT2D eigenvalue weighted by atomic mass is 15.1. The van der Waals surface area contributed by atoms with Crippen LogP contribution in [0.3, 0.4) is 0 Å². The Balaban J connectivity index is 2.72. The molecule has 0 aliphatic carbocycles. The normalized spacial score (nSPS) is 12.1. The molecule has 2 nitrogen and oxygen atoms in total. The maximum atomic E-state index is 4.54. The average molecular weight is 220 g/mol. The zero-order chi connectivity index (χ0) is 12.2. The highest BCUT2D eigenvalue weighted by Gasteiger charge is 2.13. The third-order valence-corrected chi connectivity index (χ3v) is 2.97. The number of hydrogen-bond donors (Lipinski definition) is 0. The molecule has 0 atom stereocenters. The molecule has 1 heterocycles. The van der Waals surface area contributed by atoms with Gasteiger partial charge in [0, 0.05) is 12.7 Å². The second kappa shape index (κ2) is 5.44. The van der Waals surface area contributed by atoms with Gasteiger partial charge in [-0.05, 0) is 30.1 Å². The zero-order valence-electron chi connectivity index (χ0n) is 11.2. The van der Waals surface area contributed by atoms with Crippen LogP contribution < -0.4 is 0 Å². The van der Waals surface area contributed by atoms with Gasteiger partial charge in [0.1, 0.15) is 0 Å². The van der Waals surface area contributed by atoms with E-state index in [1.807, 2.05) is 6.20 Å². The van der Waals surface area contributed by atoms with Gasteiger partial charge in [-0.3, -0.25) is 9.88 Å². The summed E-state index contributed by atoms with van der Waals surface area (Å²) in [4.78, 5) is 6.91. The molecule has 0 radical (unpaired) electrons. The Bertz CT molecular complexity index is 305. The lowest BCUT2D eigenvalue weighted by Crippen LogP contribution is -2.23. The number of aromatic nitrogens is 1. The van der Waals surface area contributed by atoms with Gasteiger partial charge in [-0.25, -0.2) is 0 Å². The minimum absolute atomic E-state index is 0.195. The fourth-order valence-corrected chi connectivity index (χ4v) is 1.64. The Hall–Kier alpha value is -0.890. The number of pyridine rings is 1. The summed E-state index contributed by atoms with van der Waals surface area (Å²) in [6.07, 6.45) is 2.01. The molecule has 0 amide bonds. The monoisotopic (exact) mass is 220 g/mol. The van der Waals surface area contributed by atoms with Crippen LogP contribution in [-0.4, -0.2) is 23.0 Å². The Kier molecular flexibility index (Phi) is 4.48. The van der Waals surface area contributed by atoms with Crippen molar-refractivity contribution in [2.75, 3.05) is 13.1 Å². The zero-order valence-corrected chi connectivity index (χ0v) is 11.2. The Labute approximate surface area is 99.7 Å². The molecule has 0 saturated carbocycles. The summed E-state index contributed by atoms with van der Waals surface area (Å²) in [6, 6.07) is 4.35. The number of rotatable bonds is 4. The van der Waals surface area contributed by atoms with Crippen LogP contribution in [0, 0.1) is 0 Å². The highest BCUT2D eigenvalue weighted by molar-refractivity contribution is 5.21. The summed E-state index contributed by atoms with van der Waals surface area (Å²) in [7, 11) is 0. The van der Waals surface area contributed by atoms with Crippen molar-refractivity contribution in [3.8, 4) is 0 Å². The first-order valence-electron chi connectivity index (χ1n) is 6.15. The molecule has 0 aliphatic rings. The van der Waals surface area contributed by atoms with Crippen LogP contribution in [0.1, 0.15) is 45.9 Å². The second-order valence-corrected chi connectivity index (χ2v) is 5.25. The SMILES string of the molecule is CCN(CC)Cc1ccc(C(C)(C)C)cn1. The molecule has 0 N–H and O–H groups in total. The van der Waals surface area contributed by atoms with Crippen molar-refractivity contribution in [3.05, 3.63) is 29.6 Å². The quantitative estimate of drug-likeness (QED) is 0.774. The van der Waals surface area contributed by atoms with E-state index in [2.05, 4.69) is 56.6 Å². The van der Waals surface area contributed by atoms with Crippen molar-refractivity contribution in [3.63, 3.8) is 0 Å². The minimum atomic E-state index is 0.195. The van der Waals surface area contributed by atoms with Crippen LogP contribution in [-0.2, 0) is 12.0 Å². The lowest BCUT2D eigenvalue weighted by atomic mass is 9.88. The van der Waals surface area contributed by atoms with Crippen molar-refractivity contribution in [1.29, 1.82) is 0 Å². The van der Waals surface area contributed by atoms with Crippen molar-refractivity contribution in [2.45, 2.75) is 46.6 Å². The maximum Gasteiger partial charge on any atom is 0.0544 e. The first-order chi connectivity index (χ1) is 7.47. The van der Waals surface area contributed by atoms with Crippen LogP contribution in [0.2, 0.25) is 0 Å². The molecular formula is C14H24N2. The Morgan fingerprint density at radius 3 is 2.12 bits per heavy atom. The molecule has 90 valence electrons. The van der Waals surface area contributed by atoms with E-state index in [1.54, 1.807) is 0 Å². The topological polar surface area (TPSA) is 16.1 Å². The lowest BCUT2D eigenvalue weighted by Gasteiger charge is -2.20. The summed E-state index contributed by atoms with van der Waals surface area (Å²) in [5.74, 6) is 0. The summed E-state index contributed by atoms with van der Waals surface area (Å²) in [6.45, 7) is 14.1. The molecule has 2 heteroatoms. The van der Waals surface area contributed by atoms with Crippen LogP contribution in [0.5, 0.6) is 0 Å². The highest BCUT2D eigenvalue weighted by Crippen LogP contribution is 2.21. The maximum absolute atomic E-state index is 4.54. The summed E-state index contributed by atoms with van der Waals surface area (Å²) in [5.41, 5.74) is 2.66. The molecule has 1 aromatic rings. The van der Waals surface area contributed by atoms with Crippen molar-refractivity contribution >= 4 is 0 Å². The molecule has 0 bridgehead atoms. The molecule has 0 fully saturated rings. The van der Waals surface area contributed by atoms with Gasteiger partial charge in [-0.1, -0.05) is 40.7 Å². The van der Waals surface area contributed by atoms with Gasteiger partial charge in [0.15, 0.2) is 0 Å². The minimum Gasteiger partial charge on any atom is -0.298 e. The van der Waals surface area contributed by atoms with E-state index in [4.69, 9.17) is 0 Å². The first kappa shape index (κ1) is 13.2. The Morgan fingerprint density at radius 2 is 1.75 bits per heavy atom. The standard InChI is InChI=1S/C14H24N2/c1-6-16(7-2)11-13-9-8-12(10-15-13)14(3,4)5/h8-10H,6-7,11H2,1-5H3. The van der Waals surface area contributed by atoms with Crippen molar-refractivity contribution in [1.82, 2.24) is 9.88 Å². The van der Waals surface area contributed by atoms with Gasteiger partial charge in [-0.2, -0.15) is 0 Å². The van der Waals surface area contributed by atoms with Gasteiger partial charge >= 0.3 is 0 Å². The summed E-state index contributed by atoms with van der Waals surface area (Å²) < 4.78 is 0. The molecule has 0 aliphatic heterocycles. The first-order valence-corrected chi connectivity index (χ1v) is 6.15. The van der Waals surface area contributed by atoms with Crippen molar-refractivity contribution < 1.29 is 0 Å². The summed E-state index contributed by atoms with van der Waals surface area (Å²) in [5, 5.41) is 0. The predicted molar refractivity (Wildman–Crippen MR) is 69.6 cm³/mol. The van der Waals surface area contributed by atoms with Gasteiger partial charge < -0.3 is 0 Å². The van der Waals surface area contributed by atoms with Gasteiger partial charge in [0.2, 0.25) is 0 Å². The molecule has 1 aromatic heterocycles. The third-order valence-electron chi connectivity index (χ3n) is 2.97. The van der Waals surface area contributed by atoms with E-state index < -0.39 is 0 Å². The summed E-state index contributed by atoms with van der Waals surface area (Å²) >= 11 is 0. The van der Waals surface area contributed by atoms with Gasteiger partial charge in [0.05, 0.1) is 5.69 Å². The number of nitrogens with zero attached hydrogens (tertiary/aromatic N) is 2. The molecule has 0 aromatic carbocycles. The van der Waals surface area contributed by atoms with E-state index in [9.17, 15) is 0 Å². The van der Waals surface area contributed by atoms with E-state index >= 15 is 0 Å². The lowest BCUT2D eigenvalue weighted by molar-refractivity contribution is 0.292. The molecule has 1 rings (SSSR count). The molecule has 0 saturated heterocycles. The van der Waals surface area contributed by atoms with Crippen LogP contribution >= 0.6 is 0 Å². The second-order valence-electron chi connectivity index (χ2n) is 5.25. The largest absolute Gasteiger partial charge is 0.298 e. The van der Waals surface area contributed by atoms with E-state index in [1.165, 1.54) is 5.56 Å². The molecule has 16 heavy (non-hydrogen) atoms. The predicted octanol–water partition coefficient (Wildman–Crippen LogP) is 3.22. The Morgan fingerprint density at radius 1 is 1.12 bits per heavy atom. The average Bonchev–Trinajstić information content (AvgIpc) is 2.25. The van der Waals surface area contributed by atoms with Crippen molar-refractivity contribution in [2.24, 2.45) is 0 Å². The van der Waals surface area contributed by atoms with E-state index in [0.29, 0.717) is 0 Å². The third kappa shape index (κ3) is 3.60. The smallest absolute Gasteiger partial charge is 0.0544 e. The molecular weight excluding hydrogens is 196 g/mol. The number of hydrogen-bond acceptors (Lipinski definition) is 2. The fraction of sp³-hybridized carbons (Fsp3) is 0.643. The van der Waals surface area contributed by atoms with Gasteiger partial charge in [0.25, 0.3) is 0 Å². The van der Waals surface area contributed by atoms with E-state index in [0.717, 1.165) is 25.3 Å². The molecule has 0 unspecified atom stereocenters. The van der Waals surface area contributed by atoms with Crippen LogP contribution in [0.4, 0.5) is 0 Å². The van der Waals surface area contributed by atoms with Crippen LogP contribution in [0.25, 0.3) is 0 Å². The van der Waals surface area contributed by atoms with E-state index in [-0.39, 0.29) is 5.41 Å².